The van der Waals surface area contributed by atoms with Gasteiger partial charge in [-0.05, 0) is 37.3 Å². The lowest BCUT2D eigenvalue weighted by Crippen LogP contribution is -2.31. The van der Waals surface area contributed by atoms with E-state index in [1.165, 1.54) is 18.4 Å². The molecule has 0 radical (unpaired) electrons. The number of benzene rings is 1. The minimum Gasteiger partial charge on any atom is -0.354 e. The molecule has 0 saturated carbocycles. The monoisotopic (exact) mass is 324 g/mol. The van der Waals surface area contributed by atoms with Gasteiger partial charge in [-0.25, -0.2) is 9.97 Å². The summed E-state index contributed by atoms with van der Waals surface area (Å²) in [5.74, 6) is 0.839. The lowest BCUT2D eigenvalue weighted by molar-refractivity contribution is -0.119. The van der Waals surface area contributed by atoms with E-state index < -0.39 is 0 Å². The van der Waals surface area contributed by atoms with Gasteiger partial charge in [0.15, 0.2) is 0 Å². The van der Waals surface area contributed by atoms with Crippen molar-refractivity contribution in [2.45, 2.75) is 39.2 Å². The Bertz CT molecular complexity index is 676. The summed E-state index contributed by atoms with van der Waals surface area (Å²) in [4.78, 5) is 22.3. The Morgan fingerprint density at radius 2 is 1.75 bits per heavy atom. The van der Waals surface area contributed by atoms with Crippen LogP contribution in [0.15, 0.2) is 36.7 Å². The Labute approximate surface area is 143 Å². The molecule has 1 aromatic carbocycles. The number of carbonyl (C=O) groups is 1. The van der Waals surface area contributed by atoms with Crippen LogP contribution in [0.25, 0.3) is 11.1 Å². The minimum atomic E-state index is 0.00867. The third-order valence-electron chi connectivity index (χ3n) is 4.31. The van der Waals surface area contributed by atoms with Crippen LogP contribution in [0.5, 0.6) is 0 Å². The normalized spacial score (nSPS) is 15.3. The summed E-state index contributed by atoms with van der Waals surface area (Å²) in [6.07, 6.45) is 7.07. The van der Waals surface area contributed by atoms with Crippen molar-refractivity contribution in [3.05, 3.63) is 42.2 Å². The van der Waals surface area contributed by atoms with Crippen molar-refractivity contribution >= 4 is 11.9 Å². The maximum Gasteiger partial charge on any atom is 0.225 e. The fourth-order valence-corrected chi connectivity index (χ4v) is 3.14. The van der Waals surface area contributed by atoms with Gasteiger partial charge in [0.2, 0.25) is 11.9 Å². The van der Waals surface area contributed by atoms with E-state index in [1.807, 2.05) is 19.3 Å². The zero-order chi connectivity index (χ0) is 16.9. The van der Waals surface area contributed by atoms with Crippen LogP contribution in [0.1, 0.15) is 32.3 Å². The first-order valence-electron chi connectivity index (χ1n) is 8.55. The van der Waals surface area contributed by atoms with Gasteiger partial charge in [0.25, 0.3) is 0 Å². The minimum absolute atomic E-state index is 0.00867. The Morgan fingerprint density at radius 1 is 1.12 bits per heavy atom. The molecule has 3 rings (SSSR count). The fourth-order valence-electron chi connectivity index (χ4n) is 3.14. The Hall–Kier alpha value is -2.43. The number of hydrogen-bond donors (Lipinski definition) is 1. The van der Waals surface area contributed by atoms with Crippen LogP contribution >= 0.6 is 0 Å². The first kappa shape index (κ1) is 16.4. The molecule has 1 amide bonds. The molecule has 1 aliphatic heterocycles. The second kappa shape index (κ2) is 7.43. The van der Waals surface area contributed by atoms with Crippen LogP contribution in [0.4, 0.5) is 5.95 Å². The van der Waals surface area contributed by atoms with Gasteiger partial charge in [-0.2, -0.15) is 0 Å². The Balaban J connectivity index is 1.65. The van der Waals surface area contributed by atoms with Crippen molar-refractivity contribution < 1.29 is 4.79 Å². The molecule has 1 aromatic heterocycles. The number of nitrogens with zero attached hydrogens (tertiary/aromatic N) is 3. The first-order valence-corrected chi connectivity index (χ1v) is 8.55. The molecule has 126 valence electrons. The highest BCUT2D eigenvalue weighted by atomic mass is 16.1. The standard InChI is InChI=1S/C19H24N4O/c1-14(22-15(2)24)11-16-5-7-17(8-6-16)18-12-20-19(21-13-18)23-9-3-4-10-23/h5-8,12-14H,3-4,9-11H2,1-2H3,(H,22,24). The molecule has 2 heterocycles. The van der Waals surface area contributed by atoms with E-state index in [2.05, 4.69) is 44.5 Å². The summed E-state index contributed by atoms with van der Waals surface area (Å²) >= 11 is 0. The van der Waals surface area contributed by atoms with Crippen molar-refractivity contribution in [3.8, 4) is 11.1 Å². The lowest BCUT2D eigenvalue weighted by atomic mass is 10.0. The maximum absolute atomic E-state index is 11.1. The van der Waals surface area contributed by atoms with Gasteiger partial charge in [-0.3, -0.25) is 4.79 Å². The summed E-state index contributed by atoms with van der Waals surface area (Å²) in [6.45, 7) is 5.67. The van der Waals surface area contributed by atoms with E-state index >= 15 is 0 Å². The smallest absolute Gasteiger partial charge is 0.225 e. The number of rotatable bonds is 5. The number of aromatic nitrogens is 2. The third kappa shape index (κ3) is 4.10. The molecule has 1 aliphatic rings. The van der Waals surface area contributed by atoms with E-state index in [9.17, 15) is 4.79 Å². The third-order valence-corrected chi connectivity index (χ3v) is 4.31. The number of amides is 1. The number of carbonyl (C=O) groups excluding carboxylic acids is 1. The zero-order valence-electron chi connectivity index (χ0n) is 14.3. The second-order valence-electron chi connectivity index (χ2n) is 6.47. The average Bonchev–Trinajstić information content (AvgIpc) is 3.09. The summed E-state index contributed by atoms with van der Waals surface area (Å²) in [5.41, 5.74) is 3.34. The van der Waals surface area contributed by atoms with Gasteiger partial charge in [-0.1, -0.05) is 24.3 Å². The van der Waals surface area contributed by atoms with E-state index in [1.54, 1.807) is 6.92 Å². The van der Waals surface area contributed by atoms with Crippen molar-refractivity contribution in [2.75, 3.05) is 18.0 Å². The molecule has 0 bridgehead atoms. The van der Waals surface area contributed by atoms with Crippen LogP contribution in [-0.4, -0.2) is 35.0 Å². The van der Waals surface area contributed by atoms with Gasteiger partial charge in [0, 0.05) is 44.0 Å². The molecule has 1 unspecified atom stereocenters. The van der Waals surface area contributed by atoms with E-state index in [0.717, 1.165) is 36.6 Å². The van der Waals surface area contributed by atoms with E-state index in [4.69, 9.17) is 0 Å². The van der Waals surface area contributed by atoms with Gasteiger partial charge < -0.3 is 10.2 Å². The number of anilines is 1. The van der Waals surface area contributed by atoms with Crippen molar-refractivity contribution in [1.29, 1.82) is 0 Å². The number of hydrogen-bond acceptors (Lipinski definition) is 4. The predicted octanol–water partition coefficient (Wildman–Crippen LogP) is 2.81. The van der Waals surface area contributed by atoms with Gasteiger partial charge in [-0.15, -0.1) is 0 Å². The summed E-state index contributed by atoms with van der Waals surface area (Å²) in [7, 11) is 0. The van der Waals surface area contributed by atoms with E-state index in [0.29, 0.717) is 0 Å². The molecule has 1 atom stereocenters. The topological polar surface area (TPSA) is 58.1 Å². The van der Waals surface area contributed by atoms with Crippen LogP contribution in [0.3, 0.4) is 0 Å². The average molecular weight is 324 g/mol. The molecule has 0 spiro atoms. The first-order chi connectivity index (χ1) is 11.6. The highest BCUT2D eigenvalue weighted by Crippen LogP contribution is 2.21. The highest BCUT2D eigenvalue weighted by molar-refractivity contribution is 5.73. The summed E-state index contributed by atoms with van der Waals surface area (Å²) in [6, 6.07) is 8.51. The van der Waals surface area contributed by atoms with Crippen LogP contribution < -0.4 is 10.2 Å². The summed E-state index contributed by atoms with van der Waals surface area (Å²) in [5, 5.41) is 2.91. The molecule has 5 nitrogen and oxygen atoms in total. The molecule has 1 saturated heterocycles. The fraction of sp³-hybridized carbons (Fsp3) is 0.421. The van der Waals surface area contributed by atoms with Gasteiger partial charge in [0.1, 0.15) is 0 Å². The zero-order valence-corrected chi connectivity index (χ0v) is 14.3. The Kier molecular flexibility index (Phi) is 5.08. The predicted molar refractivity (Wildman–Crippen MR) is 95.9 cm³/mol. The van der Waals surface area contributed by atoms with Crippen molar-refractivity contribution in [2.24, 2.45) is 0 Å². The highest BCUT2D eigenvalue weighted by Gasteiger charge is 2.14. The largest absolute Gasteiger partial charge is 0.354 e. The lowest BCUT2D eigenvalue weighted by Gasteiger charge is -2.15. The molecule has 1 fully saturated rings. The molecular formula is C19H24N4O. The maximum atomic E-state index is 11.1. The van der Waals surface area contributed by atoms with Crippen LogP contribution in [-0.2, 0) is 11.2 Å². The van der Waals surface area contributed by atoms with E-state index in [-0.39, 0.29) is 11.9 Å². The van der Waals surface area contributed by atoms with Gasteiger partial charge in [0.05, 0.1) is 0 Å². The van der Waals surface area contributed by atoms with Crippen molar-refractivity contribution in [3.63, 3.8) is 0 Å². The summed E-state index contributed by atoms with van der Waals surface area (Å²) < 4.78 is 0. The SMILES string of the molecule is CC(=O)NC(C)Cc1ccc(-c2cnc(N3CCCC3)nc2)cc1. The number of nitrogens with one attached hydrogen (secondary N) is 1. The molecule has 1 N–H and O–H groups in total. The van der Waals surface area contributed by atoms with Crippen molar-refractivity contribution in [1.82, 2.24) is 15.3 Å². The second-order valence-corrected chi connectivity index (χ2v) is 6.47. The molecule has 5 heteroatoms. The van der Waals surface area contributed by atoms with Crippen LogP contribution in [0, 0.1) is 0 Å². The quantitative estimate of drug-likeness (QED) is 0.919. The molecule has 24 heavy (non-hydrogen) atoms. The Morgan fingerprint density at radius 3 is 2.33 bits per heavy atom. The van der Waals surface area contributed by atoms with Crippen LogP contribution in [0.2, 0.25) is 0 Å². The molecule has 2 aromatic rings. The molecule has 0 aliphatic carbocycles. The molecular weight excluding hydrogens is 300 g/mol. The van der Waals surface area contributed by atoms with Gasteiger partial charge >= 0.3 is 0 Å².